The standard InChI is InChI=1S/C15H24N2O2/c1-4-13-11(3)8-14(19-13)15(18)17-7-5-6-10(2)12(17)9-16/h8,10,12H,4-7,9,16H2,1-3H3. The van der Waals surface area contributed by atoms with Crippen molar-refractivity contribution in [1.29, 1.82) is 0 Å². The summed E-state index contributed by atoms with van der Waals surface area (Å²) in [7, 11) is 0. The largest absolute Gasteiger partial charge is 0.456 e. The van der Waals surface area contributed by atoms with E-state index in [1.54, 1.807) is 0 Å². The molecular formula is C15H24N2O2. The van der Waals surface area contributed by atoms with Gasteiger partial charge < -0.3 is 15.1 Å². The molecule has 1 saturated heterocycles. The van der Waals surface area contributed by atoms with Crippen LogP contribution < -0.4 is 5.73 Å². The fourth-order valence-electron chi connectivity index (χ4n) is 2.98. The molecule has 4 nitrogen and oxygen atoms in total. The molecule has 106 valence electrons. The van der Waals surface area contributed by atoms with Crippen molar-refractivity contribution < 1.29 is 9.21 Å². The zero-order valence-electron chi connectivity index (χ0n) is 12.1. The van der Waals surface area contributed by atoms with E-state index in [9.17, 15) is 4.79 Å². The fraction of sp³-hybridized carbons (Fsp3) is 0.667. The van der Waals surface area contributed by atoms with E-state index < -0.39 is 0 Å². The first-order valence-corrected chi connectivity index (χ1v) is 7.18. The fourth-order valence-corrected chi connectivity index (χ4v) is 2.98. The highest BCUT2D eigenvalue weighted by Crippen LogP contribution is 2.25. The Bertz CT molecular complexity index is 453. The highest BCUT2D eigenvalue weighted by molar-refractivity contribution is 5.92. The molecule has 2 heterocycles. The Labute approximate surface area is 114 Å². The molecule has 1 fully saturated rings. The zero-order chi connectivity index (χ0) is 14.0. The minimum absolute atomic E-state index is 0.00944. The average Bonchev–Trinajstić information content (AvgIpc) is 2.78. The van der Waals surface area contributed by atoms with Gasteiger partial charge in [0, 0.05) is 25.6 Å². The topological polar surface area (TPSA) is 59.5 Å². The summed E-state index contributed by atoms with van der Waals surface area (Å²) in [6, 6.07) is 1.99. The van der Waals surface area contributed by atoms with Gasteiger partial charge in [-0.2, -0.15) is 0 Å². The molecule has 1 amide bonds. The van der Waals surface area contributed by atoms with Crippen LogP contribution >= 0.6 is 0 Å². The summed E-state index contributed by atoms with van der Waals surface area (Å²) in [5.74, 6) is 1.81. The molecule has 2 atom stereocenters. The van der Waals surface area contributed by atoms with Crippen LogP contribution in [0.15, 0.2) is 10.5 Å². The average molecular weight is 264 g/mol. The van der Waals surface area contributed by atoms with Gasteiger partial charge in [-0.1, -0.05) is 13.8 Å². The first kappa shape index (κ1) is 14.1. The van der Waals surface area contributed by atoms with Gasteiger partial charge in [0.05, 0.1) is 0 Å². The molecule has 1 aliphatic rings. The van der Waals surface area contributed by atoms with Crippen molar-refractivity contribution in [1.82, 2.24) is 4.90 Å². The number of piperidine rings is 1. The molecule has 2 rings (SSSR count). The Balaban J connectivity index is 2.21. The number of hydrogen-bond acceptors (Lipinski definition) is 3. The van der Waals surface area contributed by atoms with E-state index in [-0.39, 0.29) is 11.9 Å². The van der Waals surface area contributed by atoms with Crippen LogP contribution in [-0.4, -0.2) is 29.9 Å². The second-order valence-electron chi connectivity index (χ2n) is 5.49. The Morgan fingerprint density at radius 1 is 1.58 bits per heavy atom. The van der Waals surface area contributed by atoms with Crippen molar-refractivity contribution in [3.8, 4) is 0 Å². The van der Waals surface area contributed by atoms with Gasteiger partial charge in [-0.25, -0.2) is 0 Å². The summed E-state index contributed by atoms with van der Waals surface area (Å²) in [5.41, 5.74) is 6.89. The molecule has 19 heavy (non-hydrogen) atoms. The van der Waals surface area contributed by atoms with Gasteiger partial charge in [0.25, 0.3) is 5.91 Å². The van der Waals surface area contributed by atoms with Crippen LogP contribution in [0.25, 0.3) is 0 Å². The lowest BCUT2D eigenvalue weighted by Crippen LogP contribution is -2.51. The van der Waals surface area contributed by atoms with Gasteiger partial charge in [-0.3, -0.25) is 4.79 Å². The Kier molecular flexibility index (Phi) is 4.30. The molecular weight excluding hydrogens is 240 g/mol. The van der Waals surface area contributed by atoms with Crippen molar-refractivity contribution in [2.45, 2.75) is 46.1 Å². The normalized spacial score (nSPS) is 23.7. The van der Waals surface area contributed by atoms with Gasteiger partial charge in [0.15, 0.2) is 5.76 Å². The van der Waals surface area contributed by atoms with E-state index in [0.29, 0.717) is 18.2 Å². The van der Waals surface area contributed by atoms with Gasteiger partial charge in [-0.05, 0) is 37.3 Å². The molecule has 2 unspecified atom stereocenters. The molecule has 0 bridgehead atoms. The number of nitrogens with zero attached hydrogens (tertiary/aromatic N) is 1. The van der Waals surface area contributed by atoms with Gasteiger partial charge >= 0.3 is 0 Å². The van der Waals surface area contributed by atoms with E-state index in [2.05, 4.69) is 6.92 Å². The van der Waals surface area contributed by atoms with Crippen molar-refractivity contribution >= 4 is 5.91 Å². The number of likely N-dealkylation sites (tertiary alicyclic amines) is 1. The number of nitrogens with two attached hydrogens (primary N) is 1. The predicted octanol–water partition coefficient (Wildman–Crippen LogP) is 2.35. The second-order valence-corrected chi connectivity index (χ2v) is 5.49. The summed E-state index contributed by atoms with van der Waals surface area (Å²) in [6.07, 6.45) is 3.00. The van der Waals surface area contributed by atoms with E-state index in [1.165, 1.54) is 0 Å². The van der Waals surface area contributed by atoms with Crippen LogP contribution in [0.1, 0.15) is 48.6 Å². The number of rotatable bonds is 3. The lowest BCUT2D eigenvalue weighted by molar-refractivity contribution is 0.0499. The molecule has 0 aromatic carbocycles. The molecule has 2 N–H and O–H groups in total. The van der Waals surface area contributed by atoms with Crippen molar-refractivity contribution in [2.24, 2.45) is 11.7 Å². The first-order valence-electron chi connectivity index (χ1n) is 7.18. The van der Waals surface area contributed by atoms with E-state index in [1.807, 2.05) is 24.8 Å². The Morgan fingerprint density at radius 3 is 2.89 bits per heavy atom. The van der Waals surface area contributed by atoms with Crippen molar-refractivity contribution in [2.75, 3.05) is 13.1 Å². The highest BCUT2D eigenvalue weighted by atomic mass is 16.4. The summed E-state index contributed by atoms with van der Waals surface area (Å²) in [6.45, 7) is 7.49. The lowest BCUT2D eigenvalue weighted by Gasteiger charge is -2.38. The molecule has 0 aliphatic carbocycles. The summed E-state index contributed by atoms with van der Waals surface area (Å²) < 4.78 is 5.67. The van der Waals surface area contributed by atoms with E-state index in [4.69, 9.17) is 10.2 Å². The van der Waals surface area contributed by atoms with Crippen LogP contribution in [0.3, 0.4) is 0 Å². The Hall–Kier alpha value is -1.29. The van der Waals surface area contributed by atoms with Crippen LogP contribution in [0.5, 0.6) is 0 Å². The highest BCUT2D eigenvalue weighted by Gasteiger charge is 2.32. The summed E-state index contributed by atoms with van der Waals surface area (Å²) in [5, 5.41) is 0. The number of hydrogen-bond donors (Lipinski definition) is 1. The maximum Gasteiger partial charge on any atom is 0.289 e. The van der Waals surface area contributed by atoms with Crippen LogP contribution in [0.2, 0.25) is 0 Å². The molecule has 0 radical (unpaired) electrons. The summed E-state index contributed by atoms with van der Waals surface area (Å²) >= 11 is 0. The zero-order valence-corrected chi connectivity index (χ0v) is 12.1. The number of carbonyl (C=O) groups is 1. The Morgan fingerprint density at radius 2 is 2.32 bits per heavy atom. The quantitative estimate of drug-likeness (QED) is 0.911. The lowest BCUT2D eigenvalue weighted by atomic mass is 9.90. The smallest absolute Gasteiger partial charge is 0.289 e. The number of carbonyl (C=O) groups excluding carboxylic acids is 1. The number of amides is 1. The minimum atomic E-state index is -0.00944. The van der Waals surface area contributed by atoms with Crippen molar-refractivity contribution in [3.05, 3.63) is 23.2 Å². The third-order valence-corrected chi connectivity index (χ3v) is 4.17. The van der Waals surface area contributed by atoms with E-state index >= 15 is 0 Å². The van der Waals surface area contributed by atoms with Gasteiger partial charge in [0.2, 0.25) is 0 Å². The molecule has 1 aromatic rings. The SMILES string of the molecule is CCc1oc(C(=O)N2CCCC(C)C2CN)cc1C. The molecule has 1 aromatic heterocycles. The second kappa shape index (κ2) is 5.78. The molecule has 4 heteroatoms. The van der Waals surface area contributed by atoms with Crippen molar-refractivity contribution in [3.63, 3.8) is 0 Å². The van der Waals surface area contributed by atoms with Gasteiger partial charge in [0.1, 0.15) is 5.76 Å². The van der Waals surface area contributed by atoms with Crippen LogP contribution in [0.4, 0.5) is 0 Å². The molecule has 0 saturated carbocycles. The predicted molar refractivity (Wildman–Crippen MR) is 75.1 cm³/mol. The number of furan rings is 1. The van der Waals surface area contributed by atoms with Gasteiger partial charge in [-0.15, -0.1) is 0 Å². The number of aryl methyl sites for hydroxylation is 2. The van der Waals surface area contributed by atoms with E-state index in [0.717, 1.165) is 37.1 Å². The molecule has 0 spiro atoms. The summed E-state index contributed by atoms with van der Waals surface area (Å²) in [4.78, 5) is 14.5. The maximum absolute atomic E-state index is 12.6. The van der Waals surface area contributed by atoms with Crippen LogP contribution in [0, 0.1) is 12.8 Å². The first-order chi connectivity index (χ1) is 9.08. The third kappa shape index (κ3) is 2.68. The minimum Gasteiger partial charge on any atom is -0.456 e. The monoisotopic (exact) mass is 264 g/mol. The van der Waals surface area contributed by atoms with Crippen LogP contribution in [-0.2, 0) is 6.42 Å². The maximum atomic E-state index is 12.6. The third-order valence-electron chi connectivity index (χ3n) is 4.17. The molecule has 1 aliphatic heterocycles.